The summed E-state index contributed by atoms with van der Waals surface area (Å²) in [5.41, 5.74) is -0.390. The molecule has 1 aliphatic heterocycles. The second-order valence-electron chi connectivity index (χ2n) is 10.5. The van der Waals surface area contributed by atoms with Gasteiger partial charge in [0.1, 0.15) is 11.1 Å². The van der Waals surface area contributed by atoms with Crippen molar-refractivity contribution in [3.8, 4) is 11.6 Å². The monoisotopic (exact) mass is 661 g/mol. The molecule has 0 spiro atoms. The van der Waals surface area contributed by atoms with E-state index in [2.05, 4.69) is 25.9 Å². The van der Waals surface area contributed by atoms with Crippen LogP contribution in [0.25, 0.3) is 17.3 Å². The van der Waals surface area contributed by atoms with Crippen LogP contribution in [0.4, 0.5) is 21.9 Å². The number of aromatic hydroxyl groups is 1. The zero-order valence-corrected chi connectivity index (χ0v) is 25.9. The number of aromatic nitrogens is 3. The van der Waals surface area contributed by atoms with Crippen molar-refractivity contribution in [3.63, 3.8) is 0 Å². The molecule has 6 amide bonds. The third-order valence-electron chi connectivity index (χ3n) is 6.98. The number of hydrogen-bond acceptors (Lipinski definition) is 9. The lowest BCUT2D eigenvalue weighted by Gasteiger charge is -2.26. The molecule has 0 radical (unpaired) electrons. The fourth-order valence-electron chi connectivity index (χ4n) is 4.77. The first-order chi connectivity index (χ1) is 23.4. The summed E-state index contributed by atoms with van der Waals surface area (Å²) in [5, 5.41) is 17.8. The number of aromatic amines is 1. The Balaban J connectivity index is 1.52. The van der Waals surface area contributed by atoms with Crippen LogP contribution < -0.4 is 32.1 Å². The van der Waals surface area contributed by atoms with Crippen molar-refractivity contribution in [3.05, 3.63) is 129 Å². The number of urea groups is 1. The minimum atomic E-state index is -0.966. The lowest BCUT2D eigenvalue weighted by atomic mass is 10.0. The molecule has 1 fully saturated rings. The van der Waals surface area contributed by atoms with Crippen LogP contribution in [0, 0.1) is 0 Å². The number of H-pyrrole nitrogens is 1. The van der Waals surface area contributed by atoms with Gasteiger partial charge in [-0.3, -0.25) is 39.3 Å². The molecular weight excluding hydrogens is 634 g/mol. The number of benzene rings is 2. The molecule has 0 bridgehead atoms. The molecule has 2 aromatic carbocycles. The largest absolute Gasteiger partial charge is 0.494 e. The van der Waals surface area contributed by atoms with Gasteiger partial charge in [-0.15, -0.1) is 0 Å². The summed E-state index contributed by atoms with van der Waals surface area (Å²) in [6.07, 6.45) is 8.24. The molecule has 1 aliphatic rings. The van der Waals surface area contributed by atoms with Crippen LogP contribution in [-0.2, 0) is 19.2 Å². The second kappa shape index (κ2) is 14.1. The Bertz CT molecular complexity index is 2200. The van der Waals surface area contributed by atoms with E-state index in [4.69, 9.17) is 0 Å². The van der Waals surface area contributed by atoms with E-state index in [-0.39, 0.29) is 34.3 Å². The van der Waals surface area contributed by atoms with Crippen LogP contribution in [0.5, 0.6) is 5.88 Å². The number of rotatable bonds is 8. The van der Waals surface area contributed by atoms with Crippen molar-refractivity contribution in [1.82, 2.24) is 19.9 Å². The Morgan fingerprint density at radius 3 is 1.96 bits per heavy atom. The highest BCUT2D eigenvalue weighted by atomic mass is 16.3. The van der Waals surface area contributed by atoms with Gasteiger partial charge in [0.25, 0.3) is 17.4 Å². The van der Waals surface area contributed by atoms with Crippen LogP contribution in [0.3, 0.4) is 0 Å². The highest BCUT2D eigenvalue weighted by Crippen LogP contribution is 2.24. The van der Waals surface area contributed by atoms with E-state index in [1.54, 1.807) is 12.1 Å². The summed E-state index contributed by atoms with van der Waals surface area (Å²) in [5.74, 6) is -3.17. The molecule has 2 aromatic heterocycles. The van der Waals surface area contributed by atoms with Crippen molar-refractivity contribution in [2.24, 2.45) is 0 Å². The maximum atomic E-state index is 13.5. The Hall–Kier alpha value is -7.16. The molecule has 0 aliphatic carbocycles. The van der Waals surface area contributed by atoms with Gasteiger partial charge in [0.15, 0.2) is 0 Å². The lowest BCUT2D eigenvalue weighted by Crippen LogP contribution is -2.54. The maximum Gasteiger partial charge on any atom is 0.335 e. The Kier molecular flexibility index (Phi) is 9.55. The predicted molar refractivity (Wildman–Crippen MR) is 180 cm³/mol. The number of amides is 6. The number of carbonyl (C=O) groups is 5. The molecular formula is C34H27N7O8. The number of anilines is 3. The molecule has 0 atom stereocenters. The van der Waals surface area contributed by atoms with E-state index in [1.165, 1.54) is 99.1 Å². The number of carbonyl (C=O) groups excluding carboxylic acids is 5. The number of allylic oxidation sites excluding steroid dienone is 4. The molecule has 4 aromatic rings. The van der Waals surface area contributed by atoms with E-state index in [0.29, 0.717) is 22.5 Å². The molecule has 246 valence electrons. The van der Waals surface area contributed by atoms with Gasteiger partial charge in [-0.05, 0) is 84.0 Å². The normalized spacial score (nSPS) is 14.2. The molecule has 0 unspecified atom stereocenters. The maximum absolute atomic E-state index is 13.5. The summed E-state index contributed by atoms with van der Waals surface area (Å²) in [7, 11) is 0. The fraction of sp³-hybridized carbons (Fsp3) is 0.0588. The first kappa shape index (κ1) is 33.2. The molecule has 49 heavy (non-hydrogen) atoms. The topological polar surface area (TPSA) is 213 Å². The van der Waals surface area contributed by atoms with Gasteiger partial charge < -0.3 is 15.7 Å². The Morgan fingerprint density at radius 2 is 1.39 bits per heavy atom. The number of pyridine rings is 1. The van der Waals surface area contributed by atoms with Crippen LogP contribution in [0.2, 0.25) is 0 Å². The van der Waals surface area contributed by atoms with Crippen molar-refractivity contribution in [2.45, 2.75) is 13.8 Å². The average molecular weight is 662 g/mol. The van der Waals surface area contributed by atoms with E-state index < -0.39 is 35.0 Å². The number of nitrogens with zero attached hydrogens (tertiary/aromatic N) is 3. The van der Waals surface area contributed by atoms with Crippen molar-refractivity contribution >= 4 is 58.4 Å². The number of imide groups is 2. The molecule has 15 nitrogen and oxygen atoms in total. The number of nitrogens with one attached hydrogen (secondary N) is 4. The Labute approximate surface area is 276 Å². The zero-order chi connectivity index (χ0) is 35.2. The summed E-state index contributed by atoms with van der Waals surface area (Å²) >= 11 is 0. The smallest absolute Gasteiger partial charge is 0.335 e. The fourth-order valence-corrected chi connectivity index (χ4v) is 4.77. The van der Waals surface area contributed by atoms with E-state index in [0.717, 1.165) is 9.47 Å². The molecule has 5 rings (SSSR count). The van der Waals surface area contributed by atoms with Gasteiger partial charge in [0.2, 0.25) is 17.7 Å². The summed E-state index contributed by atoms with van der Waals surface area (Å²) in [6, 6.07) is 14.0. The second-order valence-corrected chi connectivity index (χ2v) is 10.5. The number of barbiturate groups is 1. The molecule has 3 heterocycles. The van der Waals surface area contributed by atoms with Crippen LogP contribution in [-0.4, -0.2) is 49.3 Å². The highest BCUT2D eigenvalue weighted by Gasteiger charge is 2.36. The average Bonchev–Trinajstić information content (AvgIpc) is 3.04. The number of hydrogen-bond donors (Lipinski definition) is 5. The van der Waals surface area contributed by atoms with E-state index in [9.17, 15) is 38.7 Å². The quantitative estimate of drug-likeness (QED) is 0.107. The molecule has 0 saturated carbocycles. The van der Waals surface area contributed by atoms with Crippen LogP contribution >= 0.6 is 0 Å². The SMILES string of the molecule is CC(=O)Nc1ccc(N2C(=O)NC(=O)C(=CC=C(C=Cc3c(O)[nH]c(=O)n(-c4ccc(NC(C)=O)cc4)c3=O)c3ccncc3)C2=O)cc1. The minimum Gasteiger partial charge on any atom is -0.494 e. The van der Waals surface area contributed by atoms with Gasteiger partial charge in [-0.25, -0.2) is 19.1 Å². The van der Waals surface area contributed by atoms with Crippen molar-refractivity contribution < 1.29 is 29.1 Å². The third kappa shape index (κ3) is 7.47. The van der Waals surface area contributed by atoms with E-state index in [1.807, 2.05) is 0 Å². The summed E-state index contributed by atoms with van der Waals surface area (Å²) in [4.78, 5) is 94.7. The first-order valence-corrected chi connectivity index (χ1v) is 14.5. The standard InChI is InChI=1S/C34H27N7O8/c1-19(42)36-23-5-9-25(10-6-23)40-31(46)27(29(44)38-33(40)48)13-3-21(22-15-17-35-18-16-22)4-14-28-30(45)39-34(49)41(32(28)47)26-11-7-24(8-12-26)37-20(2)43/h3-18,44H,1-2H3,(H,36,42)(H,37,43)(H,38,48)(H,39,45,49). The van der Waals surface area contributed by atoms with Crippen molar-refractivity contribution in [2.75, 3.05) is 15.5 Å². The van der Waals surface area contributed by atoms with Crippen molar-refractivity contribution in [1.29, 1.82) is 0 Å². The molecule has 1 saturated heterocycles. The Morgan fingerprint density at radius 1 is 0.816 bits per heavy atom. The van der Waals surface area contributed by atoms with Crippen LogP contribution in [0.15, 0.2) is 106 Å². The van der Waals surface area contributed by atoms with E-state index >= 15 is 0 Å². The third-order valence-corrected chi connectivity index (χ3v) is 6.98. The lowest BCUT2D eigenvalue weighted by molar-refractivity contribution is -0.123. The van der Waals surface area contributed by atoms with Gasteiger partial charge in [0, 0.05) is 37.6 Å². The minimum absolute atomic E-state index is 0.141. The summed E-state index contributed by atoms with van der Waals surface area (Å²) in [6.45, 7) is 2.67. The predicted octanol–water partition coefficient (Wildman–Crippen LogP) is 2.85. The first-order valence-electron chi connectivity index (χ1n) is 14.5. The van der Waals surface area contributed by atoms with Gasteiger partial charge in [-0.2, -0.15) is 0 Å². The van der Waals surface area contributed by atoms with Gasteiger partial charge >= 0.3 is 11.7 Å². The van der Waals surface area contributed by atoms with Gasteiger partial charge in [0.05, 0.1) is 11.4 Å². The molecule has 15 heteroatoms. The van der Waals surface area contributed by atoms with Gasteiger partial charge in [-0.1, -0.05) is 12.2 Å². The summed E-state index contributed by atoms with van der Waals surface area (Å²) < 4.78 is 0.800. The van der Waals surface area contributed by atoms with Crippen LogP contribution in [0.1, 0.15) is 25.0 Å². The zero-order valence-electron chi connectivity index (χ0n) is 25.9. The highest BCUT2D eigenvalue weighted by molar-refractivity contribution is 6.37. The molecule has 5 N–H and O–H groups in total.